The molecule has 0 aliphatic heterocycles. The van der Waals surface area contributed by atoms with Gasteiger partial charge in [-0.2, -0.15) is 0 Å². The number of nitrogens with zero attached hydrogens (tertiary/aromatic N) is 1. The number of hydrogen-bond acceptors (Lipinski definition) is 3. The lowest BCUT2D eigenvalue weighted by molar-refractivity contribution is 0.247. The van der Waals surface area contributed by atoms with Crippen molar-refractivity contribution in [1.82, 2.24) is 10.3 Å². The molecule has 0 radical (unpaired) electrons. The summed E-state index contributed by atoms with van der Waals surface area (Å²) in [5.74, 6) is 0.653. The summed E-state index contributed by atoms with van der Waals surface area (Å²) in [4.78, 5) is 15.5. The van der Waals surface area contributed by atoms with Gasteiger partial charge in [0.05, 0.1) is 12.2 Å². The molecule has 2 N–H and O–H groups in total. The Balaban J connectivity index is 1.71. The van der Waals surface area contributed by atoms with E-state index in [1.54, 1.807) is 42.6 Å². The number of aromatic nitrogens is 1. The third kappa shape index (κ3) is 5.13. The zero-order chi connectivity index (χ0) is 15.1. The lowest BCUT2D eigenvalue weighted by atomic mass is 10.3. The molecule has 1 aromatic heterocycles. The highest BCUT2D eigenvalue weighted by atomic mass is 35.5. The highest BCUT2D eigenvalue weighted by Crippen LogP contribution is 2.17. The van der Waals surface area contributed by atoms with Crippen molar-refractivity contribution < 1.29 is 9.53 Å². The summed E-state index contributed by atoms with van der Waals surface area (Å²) in [6, 6.07) is 10.0. The van der Waals surface area contributed by atoms with E-state index in [1.165, 1.54) is 0 Å². The van der Waals surface area contributed by atoms with Crippen LogP contribution in [0.1, 0.15) is 0 Å². The van der Waals surface area contributed by atoms with Crippen LogP contribution in [-0.4, -0.2) is 24.2 Å². The van der Waals surface area contributed by atoms with Crippen molar-refractivity contribution in [1.29, 1.82) is 0 Å². The van der Waals surface area contributed by atoms with Gasteiger partial charge >= 0.3 is 6.03 Å². The van der Waals surface area contributed by atoms with Crippen LogP contribution in [0.4, 0.5) is 10.5 Å². The molecule has 0 spiro atoms. The smallest absolute Gasteiger partial charge is 0.319 e. The Morgan fingerprint density at radius 2 is 2.10 bits per heavy atom. The van der Waals surface area contributed by atoms with E-state index >= 15 is 0 Å². The van der Waals surface area contributed by atoms with Gasteiger partial charge in [0.2, 0.25) is 0 Å². The maximum atomic E-state index is 11.6. The zero-order valence-electron chi connectivity index (χ0n) is 11.0. The molecule has 0 saturated carbocycles. The number of nitrogens with one attached hydrogen (secondary N) is 2. The summed E-state index contributed by atoms with van der Waals surface area (Å²) in [6.07, 6.45) is 1.55. The number of rotatable bonds is 5. The van der Waals surface area contributed by atoms with Gasteiger partial charge in [-0.15, -0.1) is 0 Å². The van der Waals surface area contributed by atoms with Crippen LogP contribution < -0.4 is 15.4 Å². The van der Waals surface area contributed by atoms with E-state index in [-0.39, 0.29) is 11.2 Å². The average Bonchev–Trinajstić information content (AvgIpc) is 2.46. The normalized spacial score (nSPS) is 10.0. The molecular weight excluding hydrogens is 313 g/mol. The second-order valence-corrected chi connectivity index (χ2v) is 4.82. The lowest BCUT2D eigenvalue weighted by Crippen LogP contribution is -2.32. The number of amides is 2. The molecule has 1 aromatic carbocycles. The molecule has 2 aromatic rings. The van der Waals surface area contributed by atoms with Crippen molar-refractivity contribution in [3.8, 4) is 5.75 Å². The number of urea groups is 1. The molecule has 0 fully saturated rings. The maximum absolute atomic E-state index is 11.6. The van der Waals surface area contributed by atoms with Crippen LogP contribution >= 0.6 is 23.2 Å². The van der Waals surface area contributed by atoms with Crippen molar-refractivity contribution in [2.24, 2.45) is 0 Å². The Kier molecular flexibility index (Phi) is 5.66. The largest absolute Gasteiger partial charge is 0.492 e. The molecule has 1 heterocycles. The molecule has 7 heteroatoms. The number of hydrogen-bond donors (Lipinski definition) is 2. The Bertz CT molecular complexity index is 623. The molecule has 21 heavy (non-hydrogen) atoms. The van der Waals surface area contributed by atoms with Crippen LogP contribution in [0.25, 0.3) is 0 Å². The van der Waals surface area contributed by atoms with Gasteiger partial charge in [-0.25, -0.2) is 9.78 Å². The van der Waals surface area contributed by atoms with Crippen LogP contribution in [0.5, 0.6) is 5.75 Å². The summed E-state index contributed by atoms with van der Waals surface area (Å²) in [5, 5.41) is 6.09. The van der Waals surface area contributed by atoms with Gasteiger partial charge in [-0.05, 0) is 30.3 Å². The fraction of sp³-hybridized carbons (Fsp3) is 0.143. The topological polar surface area (TPSA) is 63.2 Å². The molecule has 110 valence electrons. The van der Waals surface area contributed by atoms with Crippen LogP contribution in [0.15, 0.2) is 42.6 Å². The van der Waals surface area contributed by atoms with Crippen LogP contribution in [-0.2, 0) is 0 Å². The second-order valence-electron chi connectivity index (χ2n) is 4.03. The van der Waals surface area contributed by atoms with E-state index in [4.69, 9.17) is 27.9 Å². The van der Waals surface area contributed by atoms with E-state index < -0.39 is 0 Å². The first kappa shape index (κ1) is 15.4. The van der Waals surface area contributed by atoms with E-state index in [0.717, 1.165) is 0 Å². The van der Waals surface area contributed by atoms with Crippen molar-refractivity contribution in [3.05, 3.63) is 52.8 Å². The quantitative estimate of drug-likeness (QED) is 0.652. The molecule has 2 amide bonds. The third-order valence-corrected chi connectivity index (χ3v) is 3.00. The highest BCUT2D eigenvalue weighted by Gasteiger charge is 2.05. The molecule has 0 bridgehead atoms. The minimum atomic E-state index is -0.375. The third-order valence-electron chi connectivity index (χ3n) is 2.46. The number of pyridine rings is 1. The minimum Gasteiger partial charge on any atom is -0.492 e. The SMILES string of the molecule is O=C(NCCOc1cccc(Cl)c1)Nc1cccnc1Cl. The Labute approximate surface area is 132 Å². The van der Waals surface area contributed by atoms with Gasteiger partial charge in [-0.3, -0.25) is 0 Å². The molecule has 2 rings (SSSR count). The molecule has 0 aliphatic rings. The van der Waals surface area contributed by atoms with E-state index in [1.807, 2.05) is 0 Å². The fourth-order valence-electron chi connectivity index (χ4n) is 1.54. The van der Waals surface area contributed by atoms with E-state index in [0.29, 0.717) is 29.6 Å². The number of halogens is 2. The van der Waals surface area contributed by atoms with Gasteiger partial charge in [0.15, 0.2) is 5.15 Å². The molecular formula is C14H13Cl2N3O2. The standard InChI is InChI=1S/C14H13Cl2N3O2/c15-10-3-1-4-11(9-10)21-8-7-18-14(20)19-12-5-2-6-17-13(12)16/h1-6,9H,7-8H2,(H2,18,19,20). The monoisotopic (exact) mass is 325 g/mol. The molecule has 0 atom stereocenters. The number of carbonyl (C=O) groups is 1. The fourth-order valence-corrected chi connectivity index (χ4v) is 1.88. The van der Waals surface area contributed by atoms with Crippen molar-refractivity contribution >= 4 is 34.9 Å². The van der Waals surface area contributed by atoms with E-state index in [9.17, 15) is 4.79 Å². The summed E-state index contributed by atoms with van der Waals surface area (Å²) >= 11 is 11.7. The Morgan fingerprint density at radius 1 is 1.24 bits per heavy atom. The van der Waals surface area contributed by atoms with Gasteiger partial charge in [-0.1, -0.05) is 29.3 Å². The first-order chi connectivity index (χ1) is 10.1. The van der Waals surface area contributed by atoms with Crippen molar-refractivity contribution in [3.63, 3.8) is 0 Å². The lowest BCUT2D eigenvalue weighted by Gasteiger charge is -2.09. The highest BCUT2D eigenvalue weighted by molar-refractivity contribution is 6.32. The van der Waals surface area contributed by atoms with E-state index in [2.05, 4.69) is 15.6 Å². The van der Waals surface area contributed by atoms with Crippen LogP contribution in [0, 0.1) is 0 Å². The zero-order valence-corrected chi connectivity index (χ0v) is 12.5. The number of ether oxygens (including phenoxy) is 1. The minimum absolute atomic E-state index is 0.239. The van der Waals surface area contributed by atoms with Crippen LogP contribution in [0.2, 0.25) is 10.2 Å². The Morgan fingerprint density at radius 3 is 2.86 bits per heavy atom. The summed E-state index contributed by atoms with van der Waals surface area (Å²) in [5.41, 5.74) is 0.451. The maximum Gasteiger partial charge on any atom is 0.319 e. The first-order valence-electron chi connectivity index (χ1n) is 6.19. The van der Waals surface area contributed by atoms with Gasteiger partial charge < -0.3 is 15.4 Å². The van der Waals surface area contributed by atoms with Gasteiger partial charge in [0, 0.05) is 11.2 Å². The summed E-state index contributed by atoms with van der Waals surface area (Å²) in [7, 11) is 0. The first-order valence-corrected chi connectivity index (χ1v) is 6.94. The van der Waals surface area contributed by atoms with Crippen molar-refractivity contribution in [2.45, 2.75) is 0 Å². The van der Waals surface area contributed by atoms with Crippen LogP contribution in [0.3, 0.4) is 0 Å². The number of carbonyl (C=O) groups excluding carboxylic acids is 1. The summed E-state index contributed by atoms with van der Waals surface area (Å²) < 4.78 is 5.45. The van der Waals surface area contributed by atoms with Crippen molar-refractivity contribution in [2.75, 3.05) is 18.5 Å². The predicted octanol–water partition coefficient (Wildman–Crippen LogP) is 3.59. The Hall–Kier alpha value is -1.98. The van der Waals surface area contributed by atoms with Gasteiger partial charge in [0.1, 0.15) is 12.4 Å². The predicted molar refractivity (Wildman–Crippen MR) is 83.2 cm³/mol. The van der Waals surface area contributed by atoms with Gasteiger partial charge in [0.25, 0.3) is 0 Å². The molecule has 0 unspecified atom stereocenters. The summed E-state index contributed by atoms with van der Waals surface area (Å²) in [6.45, 7) is 0.671. The second kappa shape index (κ2) is 7.71. The molecule has 0 aliphatic carbocycles. The average molecular weight is 326 g/mol. The number of anilines is 1. The molecule has 0 saturated heterocycles. The molecule has 5 nitrogen and oxygen atoms in total. The number of benzene rings is 1.